The maximum absolute atomic E-state index is 11.6. The molecule has 0 spiro atoms. The van der Waals surface area contributed by atoms with Gasteiger partial charge in [0, 0.05) is 0 Å². The molecular formula is C13H24O4. The van der Waals surface area contributed by atoms with Gasteiger partial charge in [0.05, 0.1) is 12.5 Å². The second-order valence-electron chi connectivity index (χ2n) is 4.58. The second-order valence-corrected chi connectivity index (χ2v) is 4.58. The minimum Gasteiger partial charge on any atom is -0.483 e. The Balaban J connectivity index is 0.000000770. The van der Waals surface area contributed by atoms with Gasteiger partial charge in [0.15, 0.2) is 0 Å². The summed E-state index contributed by atoms with van der Waals surface area (Å²) < 4.78 is 5.22. The molecule has 100 valence electrons. The first kappa shape index (κ1) is 15.9. The van der Waals surface area contributed by atoms with Crippen LogP contribution in [0.5, 0.6) is 0 Å². The lowest BCUT2D eigenvalue weighted by molar-refractivity contribution is -0.150. The normalized spacial score (nSPS) is 23.2. The average Bonchev–Trinajstić information content (AvgIpc) is 2.31. The van der Waals surface area contributed by atoms with Crippen LogP contribution in [0.15, 0.2) is 0 Å². The largest absolute Gasteiger partial charge is 0.483 e. The van der Waals surface area contributed by atoms with Gasteiger partial charge in [-0.05, 0) is 38.0 Å². The van der Waals surface area contributed by atoms with E-state index in [1.54, 1.807) is 0 Å². The van der Waals surface area contributed by atoms with Crippen molar-refractivity contribution in [2.45, 2.75) is 52.4 Å². The molecule has 4 nitrogen and oxygen atoms in total. The Kier molecular flexibility index (Phi) is 9.49. The molecule has 0 heterocycles. The minimum absolute atomic E-state index is 0.0466. The average molecular weight is 244 g/mol. The highest BCUT2D eigenvalue weighted by Crippen LogP contribution is 2.28. The van der Waals surface area contributed by atoms with Gasteiger partial charge in [-0.1, -0.05) is 20.3 Å². The van der Waals surface area contributed by atoms with Crippen LogP contribution in [0.4, 0.5) is 0 Å². The van der Waals surface area contributed by atoms with Crippen LogP contribution in [0, 0.1) is 11.8 Å². The molecule has 0 aromatic heterocycles. The van der Waals surface area contributed by atoms with Gasteiger partial charge in [-0.2, -0.15) is 0 Å². The molecule has 0 aliphatic heterocycles. The lowest BCUT2D eigenvalue weighted by Crippen LogP contribution is -2.23. The van der Waals surface area contributed by atoms with Crippen LogP contribution in [-0.2, 0) is 14.3 Å². The van der Waals surface area contributed by atoms with E-state index in [2.05, 4.69) is 13.8 Å². The van der Waals surface area contributed by atoms with Crippen molar-refractivity contribution in [3.8, 4) is 0 Å². The SMILES string of the molecule is CCCCOC(=O)C1CCC(C)CC1.O=CO. The summed E-state index contributed by atoms with van der Waals surface area (Å²) in [6, 6.07) is 0. The number of carboxylic acid groups (broad SMARTS) is 1. The zero-order valence-electron chi connectivity index (χ0n) is 10.9. The summed E-state index contributed by atoms with van der Waals surface area (Å²) in [7, 11) is 0. The highest BCUT2D eigenvalue weighted by Gasteiger charge is 2.25. The van der Waals surface area contributed by atoms with Crippen molar-refractivity contribution in [2.24, 2.45) is 11.8 Å². The van der Waals surface area contributed by atoms with Crippen molar-refractivity contribution < 1.29 is 19.4 Å². The van der Waals surface area contributed by atoms with E-state index < -0.39 is 0 Å². The first-order valence-electron chi connectivity index (χ1n) is 6.40. The van der Waals surface area contributed by atoms with E-state index in [0.717, 1.165) is 31.6 Å². The number of unbranched alkanes of at least 4 members (excludes halogenated alkanes) is 1. The quantitative estimate of drug-likeness (QED) is 0.469. The number of esters is 1. The molecule has 0 unspecified atom stereocenters. The van der Waals surface area contributed by atoms with E-state index >= 15 is 0 Å². The van der Waals surface area contributed by atoms with Gasteiger partial charge in [0.25, 0.3) is 6.47 Å². The van der Waals surface area contributed by atoms with Crippen molar-refractivity contribution in [3.63, 3.8) is 0 Å². The Hall–Kier alpha value is -1.06. The van der Waals surface area contributed by atoms with Crippen molar-refractivity contribution in [3.05, 3.63) is 0 Å². The molecule has 0 radical (unpaired) electrons. The Morgan fingerprint density at radius 3 is 2.35 bits per heavy atom. The molecule has 1 rings (SSSR count). The fourth-order valence-electron chi connectivity index (χ4n) is 1.93. The second kappa shape index (κ2) is 10.1. The van der Waals surface area contributed by atoms with E-state index in [0.29, 0.717) is 6.61 Å². The zero-order valence-corrected chi connectivity index (χ0v) is 10.9. The molecule has 1 fully saturated rings. The number of ether oxygens (including phenoxy) is 1. The summed E-state index contributed by atoms with van der Waals surface area (Å²) in [4.78, 5) is 19.9. The molecule has 0 amide bonds. The Labute approximate surface area is 103 Å². The highest BCUT2D eigenvalue weighted by molar-refractivity contribution is 5.72. The van der Waals surface area contributed by atoms with Gasteiger partial charge in [-0.25, -0.2) is 0 Å². The third-order valence-electron chi connectivity index (χ3n) is 3.09. The van der Waals surface area contributed by atoms with Crippen LogP contribution < -0.4 is 0 Å². The molecule has 0 atom stereocenters. The van der Waals surface area contributed by atoms with Crippen molar-refractivity contribution >= 4 is 12.4 Å². The molecular weight excluding hydrogens is 220 g/mol. The van der Waals surface area contributed by atoms with E-state index in [9.17, 15) is 4.79 Å². The number of hydrogen-bond donors (Lipinski definition) is 1. The molecule has 0 saturated heterocycles. The van der Waals surface area contributed by atoms with E-state index in [4.69, 9.17) is 14.6 Å². The van der Waals surface area contributed by atoms with Crippen molar-refractivity contribution in [2.75, 3.05) is 6.61 Å². The van der Waals surface area contributed by atoms with Gasteiger partial charge in [-0.15, -0.1) is 0 Å². The van der Waals surface area contributed by atoms with Gasteiger partial charge >= 0.3 is 5.97 Å². The van der Waals surface area contributed by atoms with Gasteiger partial charge in [0.2, 0.25) is 0 Å². The van der Waals surface area contributed by atoms with E-state index in [-0.39, 0.29) is 18.4 Å². The Morgan fingerprint density at radius 2 is 1.88 bits per heavy atom. The predicted octanol–water partition coefficient (Wildman–Crippen LogP) is 2.86. The molecule has 17 heavy (non-hydrogen) atoms. The van der Waals surface area contributed by atoms with Crippen LogP contribution >= 0.6 is 0 Å². The van der Waals surface area contributed by atoms with E-state index in [1.165, 1.54) is 12.8 Å². The molecule has 4 heteroatoms. The topological polar surface area (TPSA) is 63.6 Å². The maximum Gasteiger partial charge on any atom is 0.308 e. The number of rotatable bonds is 4. The zero-order chi connectivity index (χ0) is 13.1. The monoisotopic (exact) mass is 244 g/mol. The molecule has 0 aromatic carbocycles. The first-order chi connectivity index (χ1) is 8.15. The summed E-state index contributed by atoms with van der Waals surface area (Å²) in [6.45, 7) is 4.73. The molecule has 1 aliphatic rings. The lowest BCUT2D eigenvalue weighted by atomic mass is 9.83. The first-order valence-corrected chi connectivity index (χ1v) is 6.40. The summed E-state index contributed by atoms with van der Waals surface area (Å²) >= 11 is 0. The number of carbonyl (C=O) groups excluding carboxylic acids is 1. The van der Waals surface area contributed by atoms with Crippen LogP contribution in [0.3, 0.4) is 0 Å². The molecule has 0 aromatic rings. The predicted molar refractivity (Wildman–Crippen MR) is 65.7 cm³/mol. The van der Waals surface area contributed by atoms with Crippen molar-refractivity contribution in [1.29, 1.82) is 0 Å². The van der Waals surface area contributed by atoms with Crippen LogP contribution in [0.25, 0.3) is 0 Å². The summed E-state index contributed by atoms with van der Waals surface area (Å²) in [5, 5.41) is 6.89. The smallest absolute Gasteiger partial charge is 0.308 e. The third-order valence-corrected chi connectivity index (χ3v) is 3.09. The standard InChI is InChI=1S/C12H22O2.CH2O2/c1-3-4-9-14-12(13)11-7-5-10(2)6-8-11;2-1-3/h10-11H,3-9H2,1-2H3;1H,(H,2,3). The molecule has 1 N–H and O–H groups in total. The summed E-state index contributed by atoms with van der Waals surface area (Å²) in [5.41, 5.74) is 0. The third kappa shape index (κ3) is 7.77. The molecule has 1 saturated carbocycles. The summed E-state index contributed by atoms with van der Waals surface area (Å²) in [5.74, 6) is 1.04. The van der Waals surface area contributed by atoms with Gasteiger partial charge in [-0.3, -0.25) is 9.59 Å². The van der Waals surface area contributed by atoms with Crippen LogP contribution in [0.2, 0.25) is 0 Å². The van der Waals surface area contributed by atoms with Gasteiger partial charge < -0.3 is 9.84 Å². The highest BCUT2D eigenvalue weighted by atomic mass is 16.5. The number of carbonyl (C=O) groups is 2. The van der Waals surface area contributed by atoms with Crippen LogP contribution in [-0.4, -0.2) is 24.2 Å². The minimum atomic E-state index is -0.250. The van der Waals surface area contributed by atoms with Crippen LogP contribution in [0.1, 0.15) is 52.4 Å². The molecule has 0 bridgehead atoms. The fraction of sp³-hybridized carbons (Fsp3) is 0.846. The number of hydrogen-bond acceptors (Lipinski definition) is 3. The van der Waals surface area contributed by atoms with Crippen molar-refractivity contribution in [1.82, 2.24) is 0 Å². The molecule has 1 aliphatic carbocycles. The Bertz CT molecular complexity index is 207. The lowest BCUT2D eigenvalue weighted by Gasteiger charge is -2.24. The fourth-order valence-corrected chi connectivity index (χ4v) is 1.93. The van der Waals surface area contributed by atoms with E-state index in [1.807, 2.05) is 0 Å². The summed E-state index contributed by atoms with van der Waals surface area (Å²) in [6.07, 6.45) is 6.53. The Morgan fingerprint density at radius 1 is 1.35 bits per heavy atom. The van der Waals surface area contributed by atoms with Gasteiger partial charge in [0.1, 0.15) is 0 Å². The maximum atomic E-state index is 11.6.